The predicted octanol–water partition coefficient (Wildman–Crippen LogP) is 1.46. The lowest BCUT2D eigenvalue weighted by atomic mass is 10.2. The molecule has 2 rings (SSSR count). The molecule has 0 aromatic heterocycles. The first-order valence-corrected chi connectivity index (χ1v) is 8.68. The van der Waals surface area contributed by atoms with Crippen LogP contribution in [0.5, 0.6) is 0 Å². The lowest BCUT2D eigenvalue weighted by molar-refractivity contribution is 0.0696. The van der Waals surface area contributed by atoms with E-state index in [0.717, 1.165) is 0 Å². The van der Waals surface area contributed by atoms with Crippen molar-refractivity contribution in [3.05, 3.63) is 28.2 Å². The van der Waals surface area contributed by atoms with Crippen molar-refractivity contribution in [1.29, 1.82) is 0 Å². The molecule has 1 aromatic carbocycles. The zero-order chi connectivity index (χ0) is 15.6. The first-order valence-electron chi connectivity index (χ1n) is 6.07. The number of hydrogen-bond donors (Lipinski definition) is 3. The number of benzene rings is 1. The highest BCUT2D eigenvalue weighted by atomic mass is 79.9. The van der Waals surface area contributed by atoms with Crippen molar-refractivity contribution in [2.24, 2.45) is 0 Å². The van der Waals surface area contributed by atoms with E-state index in [1.165, 1.54) is 12.1 Å². The van der Waals surface area contributed by atoms with Gasteiger partial charge in [-0.05, 0) is 24.6 Å². The van der Waals surface area contributed by atoms with Gasteiger partial charge in [0.2, 0.25) is 0 Å². The molecular weight excluding hydrogens is 364 g/mol. The van der Waals surface area contributed by atoms with Crippen LogP contribution < -0.4 is 10.6 Å². The van der Waals surface area contributed by atoms with Gasteiger partial charge in [-0.25, -0.2) is 18.0 Å². The second kappa shape index (κ2) is 6.02. The molecule has 1 aliphatic rings. The first kappa shape index (κ1) is 15.8. The lowest BCUT2D eigenvalue weighted by Gasteiger charge is -2.12. The second-order valence-corrected chi connectivity index (χ2v) is 7.88. The number of halogens is 1. The van der Waals surface area contributed by atoms with E-state index in [9.17, 15) is 18.0 Å². The predicted molar refractivity (Wildman–Crippen MR) is 80.3 cm³/mol. The van der Waals surface area contributed by atoms with Crippen LogP contribution in [0.4, 0.5) is 10.5 Å². The quantitative estimate of drug-likeness (QED) is 0.738. The summed E-state index contributed by atoms with van der Waals surface area (Å²) < 4.78 is 23.1. The molecule has 1 atom stereocenters. The van der Waals surface area contributed by atoms with Gasteiger partial charge < -0.3 is 15.7 Å². The van der Waals surface area contributed by atoms with Crippen LogP contribution in [0.25, 0.3) is 0 Å². The molecule has 0 spiro atoms. The van der Waals surface area contributed by atoms with Crippen molar-refractivity contribution < 1.29 is 23.1 Å². The van der Waals surface area contributed by atoms with Crippen molar-refractivity contribution in [3.8, 4) is 0 Å². The summed E-state index contributed by atoms with van der Waals surface area (Å²) in [4.78, 5) is 22.7. The summed E-state index contributed by atoms with van der Waals surface area (Å²) in [6.07, 6.45) is 0.384. The number of carboxylic acid groups (broad SMARTS) is 1. The fraction of sp³-hybridized carbons (Fsp3) is 0.333. The molecule has 1 saturated heterocycles. The first-order chi connectivity index (χ1) is 9.75. The highest BCUT2D eigenvalue weighted by molar-refractivity contribution is 9.10. The molecule has 0 aliphatic carbocycles. The van der Waals surface area contributed by atoms with E-state index in [1.807, 2.05) is 0 Å². The van der Waals surface area contributed by atoms with Gasteiger partial charge in [0.25, 0.3) is 0 Å². The topological polar surface area (TPSA) is 113 Å². The average Bonchev–Trinajstić information content (AvgIpc) is 2.67. The van der Waals surface area contributed by atoms with Gasteiger partial charge in [-0.3, -0.25) is 0 Å². The van der Waals surface area contributed by atoms with Gasteiger partial charge in [0.15, 0.2) is 9.84 Å². The van der Waals surface area contributed by atoms with Crippen LogP contribution in [0.15, 0.2) is 22.7 Å². The Morgan fingerprint density at radius 1 is 1.29 bits per heavy atom. The Morgan fingerprint density at radius 3 is 2.57 bits per heavy atom. The SMILES string of the molecule is O=C(Nc1cc(Br)cc(C(=O)O)c1)NC1CCS(=O)(=O)C1. The van der Waals surface area contributed by atoms with Crippen LogP contribution >= 0.6 is 15.9 Å². The smallest absolute Gasteiger partial charge is 0.335 e. The van der Waals surface area contributed by atoms with Gasteiger partial charge in [0.05, 0.1) is 17.1 Å². The van der Waals surface area contributed by atoms with E-state index in [2.05, 4.69) is 26.6 Å². The number of nitrogens with one attached hydrogen (secondary N) is 2. The van der Waals surface area contributed by atoms with Crippen LogP contribution in [-0.2, 0) is 9.84 Å². The number of aromatic carboxylic acids is 1. The number of carbonyl (C=O) groups excluding carboxylic acids is 1. The summed E-state index contributed by atoms with van der Waals surface area (Å²) in [5.41, 5.74) is 0.336. The van der Waals surface area contributed by atoms with Crippen molar-refractivity contribution >= 4 is 43.5 Å². The monoisotopic (exact) mass is 376 g/mol. The van der Waals surface area contributed by atoms with Gasteiger partial charge in [0.1, 0.15) is 0 Å². The molecule has 1 unspecified atom stereocenters. The Labute approximate surface area is 129 Å². The number of carboxylic acids is 1. The summed E-state index contributed by atoms with van der Waals surface area (Å²) in [6, 6.07) is 3.30. The number of amides is 2. The summed E-state index contributed by atoms with van der Waals surface area (Å²) >= 11 is 3.16. The van der Waals surface area contributed by atoms with Crippen LogP contribution in [-0.4, -0.2) is 43.1 Å². The minimum atomic E-state index is -3.07. The number of hydrogen-bond acceptors (Lipinski definition) is 4. The van der Waals surface area contributed by atoms with E-state index >= 15 is 0 Å². The molecule has 0 saturated carbocycles. The molecule has 1 heterocycles. The Balaban J connectivity index is 2.01. The third-order valence-corrected chi connectivity index (χ3v) is 5.20. The third kappa shape index (κ3) is 4.43. The molecule has 1 aromatic rings. The van der Waals surface area contributed by atoms with Crippen molar-refractivity contribution in [1.82, 2.24) is 5.32 Å². The minimum absolute atomic E-state index is 0.0307. The normalized spacial score (nSPS) is 20.0. The molecule has 3 N–H and O–H groups in total. The Morgan fingerprint density at radius 2 is 2.00 bits per heavy atom. The average molecular weight is 377 g/mol. The molecule has 0 radical (unpaired) electrons. The highest BCUT2D eigenvalue weighted by Gasteiger charge is 2.28. The fourth-order valence-corrected chi connectivity index (χ4v) is 4.21. The molecule has 2 amide bonds. The maximum Gasteiger partial charge on any atom is 0.335 e. The number of rotatable bonds is 3. The number of urea groups is 1. The summed E-state index contributed by atoms with van der Waals surface area (Å²) in [5.74, 6) is -1.11. The minimum Gasteiger partial charge on any atom is -0.478 e. The number of anilines is 1. The molecule has 0 bridgehead atoms. The second-order valence-electron chi connectivity index (χ2n) is 4.73. The van der Waals surface area contributed by atoms with Crippen molar-refractivity contribution in [2.45, 2.75) is 12.5 Å². The molecular formula is C12H13BrN2O5S. The Bertz CT molecular complexity index is 689. The Hall–Kier alpha value is -1.61. The van der Waals surface area contributed by atoms with Crippen LogP contribution in [0.2, 0.25) is 0 Å². The van der Waals surface area contributed by atoms with E-state index in [4.69, 9.17) is 5.11 Å². The summed E-state index contributed by atoms with van der Waals surface area (Å²) in [7, 11) is -3.07. The van der Waals surface area contributed by atoms with Gasteiger partial charge in [-0.1, -0.05) is 15.9 Å². The van der Waals surface area contributed by atoms with Crippen LogP contribution in [0.3, 0.4) is 0 Å². The van der Waals surface area contributed by atoms with Gasteiger partial charge in [-0.2, -0.15) is 0 Å². The van der Waals surface area contributed by atoms with Gasteiger partial charge in [0, 0.05) is 16.2 Å². The largest absolute Gasteiger partial charge is 0.478 e. The van der Waals surface area contributed by atoms with Crippen LogP contribution in [0, 0.1) is 0 Å². The van der Waals surface area contributed by atoms with E-state index in [0.29, 0.717) is 16.6 Å². The molecule has 21 heavy (non-hydrogen) atoms. The van der Waals surface area contributed by atoms with Crippen molar-refractivity contribution in [3.63, 3.8) is 0 Å². The Kier molecular flexibility index (Phi) is 4.52. The third-order valence-electron chi connectivity index (χ3n) is 2.97. The molecule has 7 nitrogen and oxygen atoms in total. The summed E-state index contributed by atoms with van der Waals surface area (Å²) in [5, 5.41) is 14.0. The van der Waals surface area contributed by atoms with E-state index < -0.39 is 27.9 Å². The van der Waals surface area contributed by atoms with Gasteiger partial charge >= 0.3 is 12.0 Å². The number of sulfone groups is 1. The number of carbonyl (C=O) groups is 2. The van der Waals surface area contributed by atoms with Gasteiger partial charge in [-0.15, -0.1) is 0 Å². The maximum atomic E-state index is 11.8. The highest BCUT2D eigenvalue weighted by Crippen LogP contribution is 2.20. The zero-order valence-electron chi connectivity index (χ0n) is 10.8. The molecule has 1 fully saturated rings. The van der Waals surface area contributed by atoms with Crippen LogP contribution in [0.1, 0.15) is 16.8 Å². The standard InChI is InChI=1S/C12H13BrN2O5S/c13-8-3-7(11(16)17)4-10(5-8)15-12(18)14-9-1-2-21(19,20)6-9/h3-5,9H,1-2,6H2,(H,16,17)(H2,14,15,18). The maximum absolute atomic E-state index is 11.8. The fourth-order valence-electron chi connectivity index (χ4n) is 2.05. The molecule has 9 heteroatoms. The van der Waals surface area contributed by atoms with E-state index in [1.54, 1.807) is 6.07 Å². The van der Waals surface area contributed by atoms with Crippen molar-refractivity contribution in [2.75, 3.05) is 16.8 Å². The van der Waals surface area contributed by atoms with E-state index in [-0.39, 0.29) is 17.1 Å². The lowest BCUT2D eigenvalue weighted by Crippen LogP contribution is -2.38. The molecule has 114 valence electrons. The zero-order valence-corrected chi connectivity index (χ0v) is 13.2. The molecule has 1 aliphatic heterocycles. The summed E-state index contributed by atoms with van der Waals surface area (Å²) in [6.45, 7) is 0.